The van der Waals surface area contributed by atoms with E-state index in [4.69, 9.17) is 11.6 Å². The van der Waals surface area contributed by atoms with Gasteiger partial charge in [-0.3, -0.25) is 10.1 Å². The van der Waals surface area contributed by atoms with Crippen LogP contribution in [0.2, 0.25) is 5.02 Å². The highest BCUT2D eigenvalue weighted by atomic mass is 35.5. The molecule has 2 unspecified atom stereocenters. The molecular weight excluding hydrogens is 322 g/mol. The highest BCUT2D eigenvalue weighted by Crippen LogP contribution is 2.27. The van der Waals surface area contributed by atoms with Crippen LogP contribution in [0.15, 0.2) is 24.3 Å². The number of carbonyl (C=O) groups excluding carboxylic acids is 1. The van der Waals surface area contributed by atoms with Crippen molar-refractivity contribution in [2.75, 3.05) is 0 Å². The van der Waals surface area contributed by atoms with Crippen molar-refractivity contribution in [3.05, 3.63) is 34.9 Å². The molecule has 0 saturated heterocycles. The van der Waals surface area contributed by atoms with Gasteiger partial charge in [-0.1, -0.05) is 49.9 Å². The van der Waals surface area contributed by atoms with Crippen LogP contribution in [-0.2, 0) is 4.79 Å². The molecule has 2 N–H and O–H groups in total. The standard InChI is InChI=1S/C19H26ClN3O/c1-3-17(15-7-9-16(20)10-8-15)22-14(2)18(24)23-19(13-21)11-5-4-6-12-19/h7-10,14,17,22H,3-6,11-12H2,1-2H3,(H,23,24). The molecule has 1 aromatic carbocycles. The fourth-order valence-electron chi connectivity index (χ4n) is 3.29. The molecule has 1 amide bonds. The molecule has 0 radical (unpaired) electrons. The number of nitrogens with zero attached hydrogens (tertiary/aromatic N) is 1. The van der Waals surface area contributed by atoms with Crippen LogP contribution < -0.4 is 10.6 Å². The third-order valence-electron chi connectivity index (χ3n) is 4.81. The predicted molar refractivity (Wildman–Crippen MR) is 96.7 cm³/mol. The van der Waals surface area contributed by atoms with E-state index in [9.17, 15) is 10.1 Å². The molecule has 130 valence electrons. The van der Waals surface area contributed by atoms with Crippen molar-refractivity contribution in [2.45, 2.75) is 70.0 Å². The van der Waals surface area contributed by atoms with Crippen LogP contribution in [0.4, 0.5) is 0 Å². The first-order chi connectivity index (χ1) is 11.5. The summed E-state index contributed by atoms with van der Waals surface area (Å²) in [5.41, 5.74) is 0.419. The van der Waals surface area contributed by atoms with E-state index < -0.39 is 5.54 Å². The molecule has 1 aromatic rings. The van der Waals surface area contributed by atoms with Crippen LogP contribution in [0, 0.1) is 11.3 Å². The summed E-state index contributed by atoms with van der Waals surface area (Å²) in [5, 5.41) is 16.6. The first-order valence-electron chi connectivity index (χ1n) is 8.74. The molecule has 1 fully saturated rings. The molecule has 0 heterocycles. The summed E-state index contributed by atoms with van der Waals surface area (Å²) in [7, 11) is 0. The number of hydrogen-bond donors (Lipinski definition) is 2. The zero-order valence-corrected chi connectivity index (χ0v) is 15.2. The Bertz CT molecular complexity index is 588. The van der Waals surface area contributed by atoms with Gasteiger partial charge >= 0.3 is 0 Å². The molecule has 5 heteroatoms. The lowest BCUT2D eigenvalue weighted by Gasteiger charge is -2.33. The van der Waals surface area contributed by atoms with Crippen molar-refractivity contribution in [3.8, 4) is 6.07 Å². The predicted octanol–water partition coefficient (Wildman–Crippen LogP) is 4.11. The van der Waals surface area contributed by atoms with E-state index in [0.717, 1.165) is 44.1 Å². The molecule has 0 aromatic heterocycles. The average Bonchev–Trinajstić information content (AvgIpc) is 2.61. The van der Waals surface area contributed by atoms with Crippen molar-refractivity contribution in [1.29, 1.82) is 5.26 Å². The number of hydrogen-bond acceptors (Lipinski definition) is 3. The van der Waals surface area contributed by atoms with Crippen LogP contribution >= 0.6 is 11.6 Å². The quantitative estimate of drug-likeness (QED) is 0.813. The van der Waals surface area contributed by atoms with Crippen LogP contribution in [0.25, 0.3) is 0 Å². The summed E-state index contributed by atoms with van der Waals surface area (Å²) >= 11 is 5.94. The highest BCUT2D eigenvalue weighted by molar-refractivity contribution is 6.30. The van der Waals surface area contributed by atoms with Crippen LogP contribution in [-0.4, -0.2) is 17.5 Å². The maximum Gasteiger partial charge on any atom is 0.238 e. The molecule has 4 nitrogen and oxygen atoms in total. The monoisotopic (exact) mass is 347 g/mol. The third-order valence-corrected chi connectivity index (χ3v) is 5.06. The number of benzene rings is 1. The second-order valence-corrected chi connectivity index (χ2v) is 7.08. The second kappa shape index (κ2) is 8.50. The van der Waals surface area contributed by atoms with Gasteiger partial charge in [-0.05, 0) is 43.9 Å². The van der Waals surface area contributed by atoms with Gasteiger partial charge in [0, 0.05) is 11.1 Å². The number of rotatable bonds is 6. The zero-order chi connectivity index (χ0) is 17.6. The van der Waals surface area contributed by atoms with Gasteiger partial charge in [-0.2, -0.15) is 5.26 Å². The topological polar surface area (TPSA) is 64.9 Å². The zero-order valence-electron chi connectivity index (χ0n) is 14.4. The van der Waals surface area contributed by atoms with E-state index in [-0.39, 0.29) is 18.0 Å². The third kappa shape index (κ3) is 4.72. The van der Waals surface area contributed by atoms with E-state index in [1.54, 1.807) is 0 Å². The summed E-state index contributed by atoms with van der Waals surface area (Å²) in [5.74, 6) is -0.106. The Morgan fingerprint density at radius 1 is 1.29 bits per heavy atom. The van der Waals surface area contributed by atoms with Crippen molar-refractivity contribution >= 4 is 17.5 Å². The summed E-state index contributed by atoms with van der Waals surface area (Å²) in [4.78, 5) is 12.6. The maximum absolute atomic E-state index is 12.6. The molecule has 0 bridgehead atoms. The minimum atomic E-state index is -0.687. The maximum atomic E-state index is 12.6. The normalized spacial score (nSPS) is 19.1. The number of nitriles is 1. The molecule has 2 rings (SSSR count). The van der Waals surface area contributed by atoms with Crippen LogP contribution in [0.1, 0.15) is 64.0 Å². The average molecular weight is 348 g/mol. The molecule has 1 saturated carbocycles. The van der Waals surface area contributed by atoms with E-state index in [0.29, 0.717) is 5.02 Å². The van der Waals surface area contributed by atoms with E-state index in [1.807, 2.05) is 31.2 Å². The molecule has 1 aliphatic rings. The van der Waals surface area contributed by atoms with Gasteiger partial charge in [-0.25, -0.2) is 0 Å². The number of carbonyl (C=O) groups is 1. The molecule has 0 spiro atoms. The molecule has 2 atom stereocenters. The van der Waals surface area contributed by atoms with Crippen LogP contribution in [0.5, 0.6) is 0 Å². The van der Waals surface area contributed by atoms with E-state index in [1.165, 1.54) is 0 Å². The molecule has 24 heavy (non-hydrogen) atoms. The minimum Gasteiger partial charge on any atom is -0.336 e. The van der Waals surface area contributed by atoms with Gasteiger partial charge in [0.1, 0.15) is 5.54 Å². The minimum absolute atomic E-state index is 0.0763. The SMILES string of the molecule is CCC(NC(C)C(=O)NC1(C#N)CCCCC1)c1ccc(Cl)cc1. The smallest absolute Gasteiger partial charge is 0.238 e. The number of halogens is 1. The lowest BCUT2D eigenvalue weighted by Crippen LogP contribution is -2.54. The number of nitrogens with one attached hydrogen (secondary N) is 2. The van der Waals surface area contributed by atoms with E-state index >= 15 is 0 Å². The van der Waals surface area contributed by atoms with Gasteiger partial charge < -0.3 is 5.32 Å². The van der Waals surface area contributed by atoms with Gasteiger partial charge in [0.25, 0.3) is 0 Å². The Morgan fingerprint density at radius 3 is 2.46 bits per heavy atom. The van der Waals surface area contributed by atoms with Crippen LogP contribution in [0.3, 0.4) is 0 Å². The molecule has 1 aliphatic carbocycles. The molecule has 0 aliphatic heterocycles. The van der Waals surface area contributed by atoms with Crippen molar-refractivity contribution in [2.24, 2.45) is 0 Å². The van der Waals surface area contributed by atoms with Gasteiger partial charge in [0.05, 0.1) is 12.1 Å². The Hall–Kier alpha value is -1.57. The Kier molecular flexibility index (Phi) is 6.65. The first kappa shape index (κ1) is 18.8. The lowest BCUT2D eigenvalue weighted by atomic mass is 9.82. The van der Waals surface area contributed by atoms with Gasteiger partial charge in [0.2, 0.25) is 5.91 Å². The summed E-state index contributed by atoms with van der Waals surface area (Å²) in [6.45, 7) is 3.93. The summed E-state index contributed by atoms with van der Waals surface area (Å²) in [6.07, 6.45) is 5.49. The fourth-order valence-corrected chi connectivity index (χ4v) is 3.41. The molecular formula is C19H26ClN3O. The Morgan fingerprint density at radius 2 is 1.92 bits per heavy atom. The number of amides is 1. The van der Waals surface area contributed by atoms with Crippen molar-refractivity contribution < 1.29 is 4.79 Å². The van der Waals surface area contributed by atoms with Crippen molar-refractivity contribution in [3.63, 3.8) is 0 Å². The van der Waals surface area contributed by atoms with Gasteiger partial charge in [-0.15, -0.1) is 0 Å². The lowest BCUT2D eigenvalue weighted by molar-refractivity contribution is -0.124. The Labute approximate surface area is 149 Å². The first-order valence-corrected chi connectivity index (χ1v) is 9.12. The second-order valence-electron chi connectivity index (χ2n) is 6.64. The largest absolute Gasteiger partial charge is 0.336 e. The fraction of sp³-hybridized carbons (Fsp3) is 0.579. The summed E-state index contributed by atoms with van der Waals surface area (Å²) < 4.78 is 0. The summed E-state index contributed by atoms with van der Waals surface area (Å²) in [6, 6.07) is 9.72. The highest BCUT2D eigenvalue weighted by Gasteiger charge is 2.34. The van der Waals surface area contributed by atoms with E-state index in [2.05, 4.69) is 23.6 Å². The Balaban J connectivity index is 1.99. The van der Waals surface area contributed by atoms with Crippen molar-refractivity contribution in [1.82, 2.24) is 10.6 Å². The van der Waals surface area contributed by atoms with Gasteiger partial charge in [0.15, 0.2) is 0 Å².